The van der Waals surface area contributed by atoms with Crippen LogP contribution < -0.4 is 11.1 Å². The highest BCUT2D eigenvalue weighted by atomic mass is 32.1. The van der Waals surface area contributed by atoms with E-state index in [2.05, 4.69) is 17.2 Å². The van der Waals surface area contributed by atoms with Gasteiger partial charge in [0.2, 0.25) is 5.91 Å². The summed E-state index contributed by atoms with van der Waals surface area (Å²) >= 11 is 1.55. The zero-order valence-corrected chi connectivity index (χ0v) is 12.2. The lowest BCUT2D eigenvalue weighted by molar-refractivity contribution is -0.120. The van der Waals surface area contributed by atoms with Crippen LogP contribution in [0, 0.1) is 11.8 Å². The van der Waals surface area contributed by atoms with Crippen LogP contribution in [0.25, 0.3) is 0 Å². The largest absolute Gasteiger partial charge is 0.508 e. The molecule has 1 aromatic heterocycles. The van der Waals surface area contributed by atoms with Gasteiger partial charge in [0.05, 0.1) is 24.4 Å². The van der Waals surface area contributed by atoms with Gasteiger partial charge in [0.1, 0.15) is 5.75 Å². The molecule has 0 aliphatic carbocycles. The van der Waals surface area contributed by atoms with Gasteiger partial charge in [-0.2, -0.15) is 0 Å². The van der Waals surface area contributed by atoms with Crippen molar-refractivity contribution in [2.24, 2.45) is 5.73 Å². The summed E-state index contributed by atoms with van der Waals surface area (Å²) in [6.07, 6.45) is 0.297. The van der Waals surface area contributed by atoms with Crippen LogP contribution in [-0.4, -0.2) is 17.6 Å². The highest BCUT2D eigenvalue weighted by molar-refractivity contribution is 7.12. The zero-order valence-electron chi connectivity index (χ0n) is 11.4. The van der Waals surface area contributed by atoms with Crippen LogP contribution >= 0.6 is 11.3 Å². The average Bonchev–Trinajstić information content (AvgIpc) is 2.93. The van der Waals surface area contributed by atoms with Gasteiger partial charge in [-0.05, 0) is 29.8 Å². The molecule has 0 radical (unpaired) electrons. The number of hydrogen-bond donors (Lipinski definition) is 3. The SMILES string of the molecule is NCC#Cc1ccc(CNC(=O)Cc2ccc(O)cc2)s1. The molecule has 0 saturated carbocycles. The number of phenolic OH excluding ortho intramolecular Hbond substituents is 1. The number of benzene rings is 1. The van der Waals surface area contributed by atoms with Gasteiger partial charge in [0.15, 0.2) is 0 Å². The highest BCUT2D eigenvalue weighted by Crippen LogP contribution is 2.15. The zero-order chi connectivity index (χ0) is 15.1. The van der Waals surface area contributed by atoms with Gasteiger partial charge in [0.25, 0.3) is 0 Å². The number of nitrogens with two attached hydrogens (primary N) is 1. The van der Waals surface area contributed by atoms with Crippen LogP contribution in [0.4, 0.5) is 0 Å². The topological polar surface area (TPSA) is 75.3 Å². The van der Waals surface area contributed by atoms with E-state index in [-0.39, 0.29) is 11.7 Å². The first-order valence-electron chi connectivity index (χ1n) is 6.49. The van der Waals surface area contributed by atoms with Crippen LogP contribution in [0.15, 0.2) is 36.4 Å². The highest BCUT2D eigenvalue weighted by Gasteiger charge is 2.04. The number of amides is 1. The van der Waals surface area contributed by atoms with E-state index in [9.17, 15) is 9.90 Å². The lowest BCUT2D eigenvalue weighted by Gasteiger charge is -2.04. The van der Waals surface area contributed by atoms with Crippen molar-refractivity contribution in [3.8, 4) is 17.6 Å². The van der Waals surface area contributed by atoms with Crippen molar-refractivity contribution in [1.29, 1.82) is 0 Å². The Balaban J connectivity index is 1.83. The number of carbonyl (C=O) groups excluding carboxylic acids is 1. The van der Waals surface area contributed by atoms with Crippen molar-refractivity contribution in [3.05, 3.63) is 51.7 Å². The lowest BCUT2D eigenvalue weighted by Crippen LogP contribution is -2.24. The van der Waals surface area contributed by atoms with E-state index in [1.54, 1.807) is 35.6 Å². The molecule has 0 atom stereocenters. The molecule has 4 N–H and O–H groups in total. The molecule has 0 unspecified atom stereocenters. The Labute approximate surface area is 127 Å². The normalized spacial score (nSPS) is 9.76. The summed E-state index contributed by atoms with van der Waals surface area (Å²) in [6, 6.07) is 10.5. The Hall–Kier alpha value is -2.29. The van der Waals surface area contributed by atoms with Crippen molar-refractivity contribution >= 4 is 17.2 Å². The van der Waals surface area contributed by atoms with Crippen LogP contribution in [0.3, 0.4) is 0 Å². The van der Waals surface area contributed by atoms with E-state index in [0.717, 1.165) is 15.3 Å². The molecule has 2 rings (SSSR count). The molecule has 0 bridgehead atoms. The summed E-state index contributed by atoms with van der Waals surface area (Å²) < 4.78 is 0. The van der Waals surface area contributed by atoms with Crippen molar-refractivity contribution in [2.45, 2.75) is 13.0 Å². The second-order valence-electron chi connectivity index (χ2n) is 4.39. The van der Waals surface area contributed by atoms with Gasteiger partial charge in [-0.3, -0.25) is 4.79 Å². The van der Waals surface area contributed by atoms with Crippen molar-refractivity contribution in [1.82, 2.24) is 5.32 Å². The summed E-state index contributed by atoms with van der Waals surface area (Å²) in [5.41, 5.74) is 6.19. The van der Waals surface area contributed by atoms with E-state index in [1.807, 2.05) is 12.1 Å². The molecule has 1 heterocycles. The molecule has 108 valence electrons. The first-order valence-corrected chi connectivity index (χ1v) is 7.31. The first kappa shape index (κ1) is 15.1. The fourth-order valence-electron chi connectivity index (χ4n) is 1.73. The van der Waals surface area contributed by atoms with E-state index < -0.39 is 0 Å². The maximum absolute atomic E-state index is 11.8. The Kier molecular flexibility index (Phi) is 5.38. The van der Waals surface area contributed by atoms with E-state index >= 15 is 0 Å². The number of aromatic hydroxyl groups is 1. The minimum absolute atomic E-state index is 0.0521. The summed E-state index contributed by atoms with van der Waals surface area (Å²) in [5.74, 6) is 5.91. The quantitative estimate of drug-likeness (QED) is 0.751. The second-order valence-corrected chi connectivity index (χ2v) is 5.56. The smallest absolute Gasteiger partial charge is 0.224 e. The molecular weight excluding hydrogens is 284 g/mol. The fourth-order valence-corrected chi connectivity index (χ4v) is 2.55. The maximum atomic E-state index is 11.8. The Morgan fingerprint density at radius 2 is 2.00 bits per heavy atom. The summed E-state index contributed by atoms with van der Waals surface area (Å²) in [7, 11) is 0. The monoisotopic (exact) mass is 300 g/mol. The molecule has 1 aromatic carbocycles. The minimum Gasteiger partial charge on any atom is -0.508 e. The third-order valence-electron chi connectivity index (χ3n) is 2.74. The average molecular weight is 300 g/mol. The standard InChI is InChI=1S/C16H16N2O2S/c17-9-1-2-14-7-8-15(21-14)11-18-16(20)10-12-3-5-13(19)6-4-12/h3-8,19H,9-11,17H2,(H,18,20). The van der Waals surface area contributed by atoms with Gasteiger partial charge in [0, 0.05) is 4.88 Å². The van der Waals surface area contributed by atoms with Crippen LogP contribution in [0.2, 0.25) is 0 Å². The third-order valence-corrected chi connectivity index (χ3v) is 3.74. The molecule has 0 aliphatic rings. The van der Waals surface area contributed by atoms with Crippen LogP contribution in [0.5, 0.6) is 5.75 Å². The van der Waals surface area contributed by atoms with Crippen LogP contribution in [-0.2, 0) is 17.8 Å². The Morgan fingerprint density at radius 1 is 1.24 bits per heavy atom. The van der Waals surface area contributed by atoms with Crippen LogP contribution in [0.1, 0.15) is 15.3 Å². The minimum atomic E-state index is -0.0521. The molecule has 2 aromatic rings. The van der Waals surface area contributed by atoms with E-state index in [1.165, 1.54) is 0 Å². The lowest BCUT2D eigenvalue weighted by atomic mass is 10.1. The third kappa shape index (κ3) is 4.95. The van der Waals surface area contributed by atoms with Gasteiger partial charge >= 0.3 is 0 Å². The molecule has 0 saturated heterocycles. The van der Waals surface area contributed by atoms with E-state index in [4.69, 9.17) is 5.73 Å². The first-order chi connectivity index (χ1) is 10.2. The number of hydrogen-bond acceptors (Lipinski definition) is 4. The molecule has 0 spiro atoms. The predicted octanol–water partition coefficient (Wildman–Crippen LogP) is 1.62. The van der Waals surface area contributed by atoms with Gasteiger partial charge in [-0.1, -0.05) is 24.0 Å². The van der Waals surface area contributed by atoms with E-state index in [0.29, 0.717) is 19.5 Å². The van der Waals surface area contributed by atoms with Gasteiger partial charge in [-0.15, -0.1) is 11.3 Å². The fraction of sp³-hybridized carbons (Fsp3) is 0.188. The van der Waals surface area contributed by atoms with Crippen molar-refractivity contribution < 1.29 is 9.90 Å². The van der Waals surface area contributed by atoms with Gasteiger partial charge < -0.3 is 16.2 Å². The van der Waals surface area contributed by atoms with Crippen molar-refractivity contribution in [3.63, 3.8) is 0 Å². The number of phenols is 1. The molecule has 21 heavy (non-hydrogen) atoms. The number of rotatable bonds is 4. The van der Waals surface area contributed by atoms with Gasteiger partial charge in [-0.25, -0.2) is 0 Å². The summed E-state index contributed by atoms with van der Waals surface area (Å²) in [5, 5.41) is 12.1. The molecule has 0 aliphatic heterocycles. The second kappa shape index (κ2) is 7.48. The molecule has 4 nitrogen and oxygen atoms in total. The Bertz CT molecular complexity index is 666. The number of thiophene rings is 1. The molecule has 1 amide bonds. The number of carbonyl (C=O) groups is 1. The number of nitrogens with one attached hydrogen (secondary N) is 1. The molecule has 5 heteroatoms. The Morgan fingerprint density at radius 3 is 2.71 bits per heavy atom. The predicted molar refractivity (Wildman–Crippen MR) is 83.9 cm³/mol. The van der Waals surface area contributed by atoms with Crippen molar-refractivity contribution in [2.75, 3.05) is 6.54 Å². The summed E-state index contributed by atoms with van der Waals surface area (Å²) in [4.78, 5) is 13.8. The maximum Gasteiger partial charge on any atom is 0.224 e. The molecular formula is C16H16N2O2S. The molecule has 0 fully saturated rings. The summed E-state index contributed by atoms with van der Waals surface area (Å²) in [6.45, 7) is 0.836.